The van der Waals surface area contributed by atoms with Gasteiger partial charge in [0.1, 0.15) is 0 Å². The van der Waals surface area contributed by atoms with Gasteiger partial charge < -0.3 is 0 Å². The van der Waals surface area contributed by atoms with E-state index in [1.165, 1.54) is 15.0 Å². The van der Waals surface area contributed by atoms with Gasteiger partial charge in [-0.2, -0.15) is 0 Å². The molecule has 9 heavy (non-hydrogen) atoms. The molecule has 61 valence electrons. The maximum absolute atomic E-state index is 5.45. The van der Waals surface area contributed by atoms with E-state index in [4.69, 9.17) is 22.9 Å². The summed E-state index contributed by atoms with van der Waals surface area (Å²) in [6.45, 7) is 0.876. The van der Waals surface area contributed by atoms with Crippen LogP contribution in [0.15, 0.2) is 0 Å². The molecule has 2 unspecified atom stereocenters. The van der Waals surface area contributed by atoms with Gasteiger partial charge in [-0.1, -0.05) is 0 Å². The van der Waals surface area contributed by atoms with E-state index < -0.39 is 0 Å². The van der Waals surface area contributed by atoms with Crippen LogP contribution in [0, 0.1) is 0 Å². The van der Waals surface area contributed by atoms with Crippen LogP contribution in [0.5, 0.6) is 0 Å². The number of hydrogen-bond donors (Lipinski definition) is 4. The SMILES string of the molecule is NC[CH](N)[Cu][CH](N)CN. The second-order valence-corrected chi connectivity index (χ2v) is 3.20. The standard InChI is InChI=1S/2C2H7N2.Cu/c2*3-1-2-4;/h2*1H,2-4H2;. The summed E-state index contributed by atoms with van der Waals surface area (Å²) < 4.78 is 0. The summed E-state index contributed by atoms with van der Waals surface area (Å²) in [6.07, 6.45) is 0. The van der Waals surface area contributed by atoms with Crippen LogP contribution < -0.4 is 22.9 Å². The van der Waals surface area contributed by atoms with Crippen LogP contribution in [-0.2, 0) is 15.0 Å². The summed E-state index contributed by atoms with van der Waals surface area (Å²) in [5, 5.41) is 0. The third-order valence-electron chi connectivity index (χ3n) is 0.672. The second kappa shape index (κ2) is 5.17. The first kappa shape index (κ1) is 9.36. The van der Waals surface area contributed by atoms with Crippen molar-refractivity contribution in [1.82, 2.24) is 0 Å². The molecule has 0 saturated heterocycles. The van der Waals surface area contributed by atoms with Gasteiger partial charge in [0, 0.05) is 0 Å². The summed E-state index contributed by atoms with van der Waals surface area (Å²) in [4.78, 5) is -0.181. The number of rotatable bonds is 4. The van der Waals surface area contributed by atoms with Crippen molar-refractivity contribution in [3.8, 4) is 0 Å². The van der Waals surface area contributed by atoms with Crippen molar-refractivity contribution in [3.63, 3.8) is 0 Å². The molecule has 0 rings (SSSR count). The molecule has 0 spiro atoms. The van der Waals surface area contributed by atoms with Crippen LogP contribution in [0.3, 0.4) is 0 Å². The minimum atomic E-state index is -0.0905. The molecule has 0 aromatic rings. The molecule has 0 aliphatic carbocycles. The van der Waals surface area contributed by atoms with Gasteiger partial charge in [0.05, 0.1) is 0 Å². The van der Waals surface area contributed by atoms with Gasteiger partial charge in [0.2, 0.25) is 0 Å². The van der Waals surface area contributed by atoms with Crippen LogP contribution in [0.25, 0.3) is 0 Å². The molecule has 5 heteroatoms. The normalized spacial score (nSPS) is 17.8. The molecule has 0 radical (unpaired) electrons. The Labute approximate surface area is 61.5 Å². The fourth-order valence-corrected chi connectivity index (χ4v) is 1.02. The van der Waals surface area contributed by atoms with E-state index >= 15 is 0 Å². The fourth-order valence-electron chi connectivity index (χ4n) is 0.248. The van der Waals surface area contributed by atoms with Gasteiger partial charge in [0.15, 0.2) is 0 Å². The molecule has 8 N–H and O–H groups in total. The molecule has 4 nitrogen and oxygen atoms in total. The van der Waals surface area contributed by atoms with Gasteiger partial charge in [-0.15, -0.1) is 0 Å². The Morgan fingerprint density at radius 3 is 1.56 bits per heavy atom. The van der Waals surface area contributed by atoms with Gasteiger partial charge in [0.25, 0.3) is 0 Å². The Kier molecular flexibility index (Phi) is 5.38. The molecule has 0 saturated carbocycles. The molecular formula is C4H14CuN4. The zero-order valence-electron chi connectivity index (χ0n) is 5.18. The average molecular weight is 182 g/mol. The summed E-state index contributed by atoms with van der Waals surface area (Å²) in [5.41, 5.74) is 21.4. The predicted molar refractivity (Wildman–Crippen MR) is 34.1 cm³/mol. The Balaban J connectivity index is 3.22. The molecule has 0 heterocycles. The molecule has 0 aromatic carbocycles. The van der Waals surface area contributed by atoms with E-state index in [2.05, 4.69) is 0 Å². The van der Waals surface area contributed by atoms with E-state index in [0.29, 0.717) is 13.1 Å². The third kappa shape index (κ3) is 4.84. The third-order valence-corrected chi connectivity index (χ3v) is 1.92. The van der Waals surface area contributed by atoms with Crippen molar-refractivity contribution in [2.24, 2.45) is 22.9 Å². The number of hydrogen-bond acceptors (Lipinski definition) is 4. The maximum atomic E-state index is 5.45. The Bertz CT molecular complexity index is 61.6. The number of nitrogens with two attached hydrogens (primary N) is 4. The van der Waals surface area contributed by atoms with Gasteiger partial charge in [-0.3, -0.25) is 0 Å². The Morgan fingerprint density at radius 1 is 1.00 bits per heavy atom. The molecule has 0 aliphatic rings. The molecule has 0 amide bonds. The minimum absolute atomic E-state index is 0.0905. The van der Waals surface area contributed by atoms with Crippen LogP contribution >= 0.6 is 0 Å². The summed E-state index contributed by atoms with van der Waals surface area (Å²) in [7, 11) is 0. The first-order valence-corrected chi connectivity index (χ1v) is 3.74. The van der Waals surface area contributed by atoms with Crippen molar-refractivity contribution in [3.05, 3.63) is 0 Å². The predicted octanol–water partition coefficient (Wildman–Crippen LogP) is -2.44. The molecule has 0 fully saturated rings. The van der Waals surface area contributed by atoms with Crippen molar-refractivity contribution < 1.29 is 15.0 Å². The van der Waals surface area contributed by atoms with E-state index in [0.717, 1.165) is 0 Å². The summed E-state index contributed by atoms with van der Waals surface area (Å²) >= 11 is 1.49. The molecule has 0 aliphatic heterocycles. The van der Waals surface area contributed by atoms with Gasteiger partial charge >= 0.3 is 60.9 Å². The monoisotopic (exact) mass is 181 g/mol. The van der Waals surface area contributed by atoms with Gasteiger partial charge in [-0.05, 0) is 0 Å². The Morgan fingerprint density at radius 2 is 1.33 bits per heavy atom. The van der Waals surface area contributed by atoms with Crippen molar-refractivity contribution in [1.29, 1.82) is 0 Å². The van der Waals surface area contributed by atoms with Crippen LogP contribution in [-0.4, -0.2) is 23.0 Å². The molecule has 0 bridgehead atoms. The van der Waals surface area contributed by atoms with Crippen LogP contribution in [0.4, 0.5) is 0 Å². The van der Waals surface area contributed by atoms with Crippen LogP contribution in [0.2, 0.25) is 0 Å². The van der Waals surface area contributed by atoms with Crippen LogP contribution in [0.1, 0.15) is 0 Å². The zero-order valence-corrected chi connectivity index (χ0v) is 6.12. The first-order chi connectivity index (χ1) is 4.20. The second-order valence-electron chi connectivity index (χ2n) is 1.49. The van der Waals surface area contributed by atoms with E-state index in [-0.39, 0.29) is 9.88 Å². The molecular weight excluding hydrogens is 168 g/mol. The average Bonchev–Trinajstić information content (AvgIpc) is 1.87. The topological polar surface area (TPSA) is 104 Å². The van der Waals surface area contributed by atoms with Crippen molar-refractivity contribution >= 4 is 0 Å². The van der Waals surface area contributed by atoms with E-state index in [1.54, 1.807) is 0 Å². The van der Waals surface area contributed by atoms with Crippen molar-refractivity contribution in [2.75, 3.05) is 13.1 Å². The quantitative estimate of drug-likeness (QED) is 0.362. The fraction of sp³-hybridized carbons (Fsp3) is 1.00. The molecule has 2 atom stereocenters. The first-order valence-electron chi connectivity index (χ1n) is 2.65. The van der Waals surface area contributed by atoms with Gasteiger partial charge in [-0.25, -0.2) is 0 Å². The van der Waals surface area contributed by atoms with E-state index in [9.17, 15) is 0 Å². The Hall–Kier alpha value is 0.359. The summed E-state index contributed by atoms with van der Waals surface area (Å²) in [6, 6.07) is 0. The summed E-state index contributed by atoms with van der Waals surface area (Å²) in [5.74, 6) is 0. The van der Waals surface area contributed by atoms with Crippen molar-refractivity contribution in [2.45, 2.75) is 9.88 Å². The van der Waals surface area contributed by atoms with E-state index in [1.807, 2.05) is 0 Å². The zero-order chi connectivity index (χ0) is 7.28. The molecule has 0 aromatic heterocycles.